The average molecular weight is 414 g/mol. The van der Waals surface area contributed by atoms with Crippen LogP contribution in [-0.4, -0.2) is 48.1 Å². The lowest BCUT2D eigenvalue weighted by Gasteiger charge is -2.31. The molecule has 1 aliphatic rings. The minimum Gasteiger partial charge on any atom is -0.352 e. The number of carbonyl (C=O) groups excluding carboxylic acids is 2. The van der Waals surface area contributed by atoms with Gasteiger partial charge in [0.2, 0.25) is 5.91 Å². The van der Waals surface area contributed by atoms with Crippen LogP contribution in [-0.2, 0) is 4.79 Å². The van der Waals surface area contributed by atoms with Crippen LogP contribution < -0.4 is 11.1 Å². The summed E-state index contributed by atoms with van der Waals surface area (Å²) in [7, 11) is 1.91. The number of hydrogen-bond donors (Lipinski definition) is 2. The third-order valence-corrected chi connectivity index (χ3v) is 5.94. The topological polar surface area (TPSA) is 75.4 Å². The fourth-order valence-corrected chi connectivity index (χ4v) is 4.18. The number of benzene rings is 1. The Bertz CT molecular complexity index is 607. The maximum absolute atomic E-state index is 12.5. The van der Waals surface area contributed by atoms with Crippen LogP contribution in [0.15, 0.2) is 29.2 Å². The Morgan fingerprint density at radius 3 is 2.59 bits per heavy atom. The summed E-state index contributed by atoms with van der Waals surface area (Å²) < 4.78 is 0. The molecule has 0 saturated heterocycles. The molecule has 0 heterocycles. The Balaban J connectivity index is 0.00000364. The van der Waals surface area contributed by atoms with E-state index in [0.717, 1.165) is 24.2 Å². The maximum Gasteiger partial charge on any atom is 0.252 e. The molecule has 0 spiro atoms. The molecule has 1 saturated carbocycles. The normalized spacial score (nSPS) is 15.5. The lowest BCUT2D eigenvalue weighted by atomic mass is 9.94. The molecule has 0 radical (unpaired) electrons. The van der Waals surface area contributed by atoms with E-state index in [4.69, 9.17) is 5.73 Å². The average Bonchev–Trinajstić information content (AvgIpc) is 2.66. The molecule has 1 aliphatic carbocycles. The first-order valence-corrected chi connectivity index (χ1v) is 10.5. The highest BCUT2D eigenvalue weighted by Crippen LogP contribution is 2.25. The molecule has 2 rings (SSSR count). The molecule has 0 aromatic heterocycles. The highest BCUT2D eigenvalue weighted by Gasteiger charge is 2.22. The predicted octanol–water partition coefficient (Wildman–Crippen LogP) is 3.46. The van der Waals surface area contributed by atoms with E-state index in [1.165, 1.54) is 31.0 Å². The van der Waals surface area contributed by atoms with Gasteiger partial charge < -0.3 is 16.0 Å². The molecule has 1 atom stereocenters. The van der Waals surface area contributed by atoms with Crippen molar-refractivity contribution in [3.05, 3.63) is 29.8 Å². The van der Waals surface area contributed by atoms with E-state index in [-0.39, 0.29) is 30.3 Å². The number of amides is 2. The lowest BCUT2D eigenvalue weighted by molar-refractivity contribution is -0.129. The van der Waals surface area contributed by atoms with Crippen molar-refractivity contribution in [2.75, 3.05) is 19.3 Å². The molecule has 27 heavy (non-hydrogen) atoms. The number of nitrogens with one attached hydrogen (secondary N) is 1. The second-order valence-corrected chi connectivity index (χ2v) is 8.12. The summed E-state index contributed by atoms with van der Waals surface area (Å²) in [5, 5.41) is 2.91. The molecule has 0 aliphatic heterocycles. The van der Waals surface area contributed by atoms with Crippen molar-refractivity contribution in [3.63, 3.8) is 0 Å². The van der Waals surface area contributed by atoms with Gasteiger partial charge in [-0.2, -0.15) is 0 Å². The smallest absolute Gasteiger partial charge is 0.252 e. The first kappa shape index (κ1) is 23.8. The highest BCUT2D eigenvalue weighted by atomic mass is 35.5. The van der Waals surface area contributed by atoms with Crippen molar-refractivity contribution >= 4 is 36.0 Å². The summed E-state index contributed by atoms with van der Waals surface area (Å²) in [5.41, 5.74) is 6.34. The Labute approximate surface area is 173 Å². The van der Waals surface area contributed by atoms with Gasteiger partial charge in [-0.25, -0.2) is 0 Å². The summed E-state index contributed by atoms with van der Waals surface area (Å²) in [6.07, 6.45) is 6.64. The number of carbonyl (C=O) groups is 2. The monoisotopic (exact) mass is 413 g/mol. The Kier molecular flexibility index (Phi) is 10.8. The molecule has 152 valence electrons. The number of rotatable bonds is 8. The molecular formula is C20H32ClN3O2S. The summed E-state index contributed by atoms with van der Waals surface area (Å²) in [6.45, 7) is 2.48. The van der Waals surface area contributed by atoms with E-state index in [0.29, 0.717) is 23.9 Å². The van der Waals surface area contributed by atoms with Gasteiger partial charge in [-0.15, -0.1) is 24.2 Å². The van der Waals surface area contributed by atoms with Crippen molar-refractivity contribution in [2.24, 2.45) is 5.73 Å². The van der Waals surface area contributed by atoms with Gasteiger partial charge in [-0.05, 0) is 38.3 Å². The molecule has 1 fully saturated rings. The van der Waals surface area contributed by atoms with Gasteiger partial charge in [0, 0.05) is 30.6 Å². The second-order valence-electron chi connectivity index (χ2n) is 7.10. The first-order chi connectivity index (χ1) is 12.5. The Hall–Kier alpha value is -1.24. The molecule has 7 heteroatoms. The van der Waals surface area contributed by atoms with Gasteiger partial charge >= 0.3 is 0 Å². The fraction of sp³-hybridized carbons (Fsp3) is 0.600. The van der Waals surface area contributed by atoms with Crippen LogP contribution >= 0.6 is 24.2 Å². The molecule has 1 aromatic carbocycles. The SMILES string of the molecule is CC(N)CCNC(=O)c1ccccc1SCC(=O)N(C)C1CCCCC1.Cl. The van der Waals surface area contributed by atoms with Gasteiger partial charge in [-0.1, -0.05) is 31.4 Å². The minimum atomic E-state index is -0.109. The van der Waals surface area contributed by atoms with Crippen LogP contribution in [0.1, 0.15) is 55.8 Å². The minimum absolute atomic E-state index is 0. The maximum atomic E-state index is 12.5. The number of nitrogens with zero attached hydrogens (tertiary/aromatic N) is 1. The molecule has 1 aromatic rings. The van der Waals surface area contributed by atoms with E-state index >= 15 is 0 Å². The fourth-order valence-electron chi connectivity index (χ4n) is 3.20. The Morgan fingerprint density at radius 1 is 1.26 bits per heavy atom. The van der Waals surface area contributed by atoms with Crippen LogP contribution in [0.2, 0.25) is 0 Å². The third-order valence-electron chi connectivity index (χ3n) is 4.88. The van der Waals surface area contributed by atoms with Crippen molar-refractivity contribution in [1.29, 1.82) is 0 Å². The van der Waals surface area contributed by atoms with E-state index in [1.807, 2.05) is 37.1 Å². The van der Waals surface area contributed by atoms with Crippen LogP contribution in [0, 0.1) is 0 Å². The quantitative estimate of drug-likeness (QED) is 0.640. The van der Waals surface area contributed by atoms with Crippen LogP contribution in [0.4, 0.5) is 0 Å². The number of thioether (sulfide) groups is 1. The first-order valence-electron chi connectivity index (χ1n) is 9.50. The van der Waals surface area contributed by atoms with Crippen molar-refractivity contribution in [1.82, 2.24) is 10.2 Å². The van der Waals surface area contributed by atoms with Crippen LogP contribution in [0.3, 0.4) is 0 Å². The zero-order valence-electron chi connectivity index (χ0n) is 16.3. The van der Waals surface area contributed by atoms with Crippen molar-refractivity contribution in [2.45, 2.75) is 62.4 Å². The number of halogens is 1. The molecular weight excluding hydrogens is 382 g/mol. The largest absolute Gasteiger partial charge is 0.352 e. The van der Waals surface area contributed by atoms with E-state index in [2.05, 4.69) is 5.32 Å². The zero-order chi connectivity index (χ0) is 18.9. The van der Waals surface area contributed by atoms with Gasteiger partial charge in [0.1, 0.15) is 0 Å². The number of hydrogen-bond acceptors (Lipinski definition) is 4. The van der Waals surface area contributed by atoms with Crippen molar-refractivity contribution < 1.29 is 9.59 Å². The Morgan fingerprint density at radius 2 is 1.93 bits per heavy atom. The van der Waals surface area contributed by atoms with Gasteiger partial charge in [-0.3, -0.25) is 9.59 Å². The third kappa shape index (κ3) is 7.72. The predicted molar refractivity (Wildman–Crippen MR) is 115 cm³/mol. The van der Waals surface area contributed by atoms with Gasteiger partial charge in [0.05, 0.1) is 11.3 Å². The standard InChI is InChI=1S/C20H31N3O2S.ClH/c1-15(21)12-13-22-20(25)17-10-6-7-11-18(17)26-14-19(24)23(2)16-8-4-3-5-9-16;/h6-7,10-11,15-16H,3-5,8-9,12-14,21H2,1-2H3,(H,22,25);1H. The van der Waals surface area contributed by atoms with Crippen LogP contribution in [0.25, 0.3) is 0 Å². The molecule has 5 nitrogen and oxygen atoms in total. The lowest BCUT2D eigenvalue weighted by Crippen LogP contribution is -2.39. The summed E-state index contributed by atoms with van der Waals surface area (Å²) in [5.74, 6) is 0.382. The molecule has 3 N–H and O–H groups in total. The summed E-state index contributed by atoms with van der Waals surface area (Å²) >= 11 is 1.44. The second kappa shape index (κ2) is 12.3. The summed E-state index contributed by atoms with van der Waals surface area (Å²) in [6, 6.07) is 7.89. The van der Waals surface area contributed by atoms with Crippen LogP contribution in [0.5, 0.6) is 0 Å². The molecule has 1 unspecified atom stereocenters. The highest BCUT2D eigenvalue weighted by molar-refractivity contribution is 8.00. The van der Waals surface area contributed by atoms with E-state index in [9.17, 15) is 9.59 Å². The summed E-state index contributed by atoms with van der Waals surface area (Å²) in [4.78, 5) is 27.7. The molecule has 0 bridgehead atoms. The van der Waals surface area contributed by atoms with Crippen molar-refractivity contribution in [3.8, 4) is 0 Å². The van der Waals surface area contributed by atoms with E-state index in [1.54, 1.807) is 6.07 Å². The zero-order valence-corrected chi connectivity index (χ0v) is 17.9. The van der Waals surface area contributed by atoms with E-state index < -0.39 is 0 Å². The van der Waals surface area contributed by atoms with Gasteiger partial charge in [0.25, 0.3) is 5.91 Å². The number of nitrogens with two attached hydrogens (primary N) is 1. The van der Waals surface area contributed by atoms with Gasteiger partial charge in [0.15, 0.2) is 0 Å². The molecule has 2 amide bonds.